The molecule has 0 unspecified atom stereocenters. The van der Waals surface area contributed by atoms with Crippen LogP contribution in [0.1, 0.15) is 18.4 Å². The van der Waals surface area contributed by atoms with Crippen molar-refractivity contribution in [3.8, 4) is 11.3 Å². The summed E-state index contributed by atoms with van der Waals surface area (Å²) in [6, 6.07) is 14.1. The van der Waals surface area contributed by atoms with Gasteiger partial charge in [-0.3, -0.25) is 9.98 Å². The van der Waals surface area contributed by atoms with Crippen LogP contribution in [0.4, 0.5) is 0 Å². The predicted molar refractivity (Wildman–Crippen MR) is 104 cm³/mol. The zero-order valence-electron chi connectivity index (χ0n) is 14.4. The zero-order valence-corrected chi connectivity index (χ0v) is 15.2. The first-order valence-corrected chi connectivity index (χ1v) is 9.60. The normalized spacial score (nSPS) is 18.0. The molecular formula is C20H20N4OS. The lowest BCUT2D eigenvalue weighted by atomic mass is 10.2. The molecule has 3 aromatic rings. The first kappa shape index (κ1) is 16.9. The van der Waals surface area contributed by atoms with Gasteiger partial charge >= 0.3 is 0 Å². The van der Waals surface area contributed by atoms with Gasteiger partial charge in [0.2, 0.25) is 4.80 Å². The highest BCUT2D eigenvalue weighted by molar-refractivity contribution is 7.07. The molecule has 6 heteroatoms. The first-order valence-electron chi connectivity index (χ1n) is 8.72. The Hall–Kier alpha value is -2.57. The van der Waals surface area contributed by atoms with E-state index in [0.717, 1.165) is 41.1 Å². The van der Waals surface area contributed by atoms with E-state index < -0.39 is 0 Å². The molecule has 0 bridgehead atoms. The summed E-state index contributed by atoms with van der Waals surface area (Å²) in [4.78, 5) is 9.79. The highest BCUT2D eigenvalue weighted by Crippen LogP contribution is 2.20. The molecule has 1 aromatic carbocycles. The van der Waals surface area contributed by atoms with Crippen LogP contribution >= 0.6 is 11.3 Å². The van der Waals surface area contributed by atoms with Crippen molar-refractivity contribution in [1.82, 2.24) is 9.66 Å². The summed E-state index contributed by atoms with van der Waals surface area (Å²) in [5.74, 6) is 0. The Morgan fingerprint density at radius 2 is 2.15 bits per heavy atom. The molecule has 0 amide bonds. The number of hydrogen-bond donors (Lipinski definition) is 0. The Morgan fingerprint density at radius 3 is 2.92 bits per heavy atom. The van der Waals surface area contributed by atoms with Gasteiger partial charge < -0.3 is 4.74 Å². The van der Waals surface area contributed by atoms with Crippen molar-refractivity contribution in [1.29, 1.82) is 0 Å². The molecular weight excluding hydrogens is 344 g/mol. The molecule has 3 heterocycles. The van der Waals surface area contributed by atoms with Gasteiger partial charge in [-0.25, -0.2) is 4.68 Å². The fraction of sp³-hybridized carbons (Fsp3) is 0.250. The Kier molecular flexibility index (Phi) is 5.33. The van der Waals surface area contributed by atoms with Crippen molar-refractivity contribution in [2.24, 2.45) is 10.1 Å². The Bertz CT molecular complexity index is 925. The number of ether oxygens (including phenoxy) is 1. The van der Waals surface area contributed by atoms with Crippen molar-refractivity contribution in [3.05, 3.63) is 70.6 Å². The van der Waals surface area contributed by atoms with E-state index in [-0.39, 0.29) is 6.10 Å². The van der Waals surface area contributed by atoms with Crippen LogP contribution < -0.4 is 4.80 Å². The molecule has 1 atom stereocenters. The monoisotopic (exact) mass is 364 g/mol. The van der Waals surface area contributed by atoms with Gasteiger partial charge in [0.1, 0.15) is 0 Å². The highest BCUT2D eigenvalue weighted by atomic mass is 32.1. The maximum absolute atomic E-state index is 5.69. The van der Waals surface area contributed by atoms with Crippen LogP contribution in [0.15, 0.2) is 70.3 Å². The van der Waals surface area contributed by atoms with Crippen molar-refractivity contribution in [3.63, 3.8) is 0 Å². The Labute approximate surface area is 156 Å². The molecule has 0 N–H and O–H groups in total. The van der Waals surface area contributed by atoms with Gasteiger partial charge in [0.25, 0.3) is 0 Å². The maximum Gasteiger partial charge on any atom is 0.206 e. The molecule has 26 heavy (non-hydrogen) atoms. The summed E-state index contributed by atoms with van der Waals surface area (Å²) >= 11 is 1.60. The lowest BCUT2D eigenvalue weighted by Crippen LogP contribution is -2.17. The largest absolute Gasteiger partial charge is 0.376 e. The molecule has 1 aliphatic heterocycles. The van der Waals surface area contributed by atoms with E-state index in [9.17, 15) is 0 Å². The quantitative estimate of drug-likeness (QED) is 0.650. The van der Waals surface area contributed by atoms with Gasteiger partial charge in [0, 0.05) is 35.5 Å². The Balaban J connectivity index is 1.70. The van der Waals surface area contributed by atoms with Gasteiger partial charge in [0.15, 0.2) is 0 Å². The SMILES string of the molecule is C(=N/n1c(-c2ccccc2)csc1=NC[C@@H]1CCCO1)/c1cccnc1. The van der Waals surface area contributed by atoms with Crippen LogP contribution in [0, 0.1) is 0 Å². The van der Waals surface area contributed by atoms with Gasteiger partial charge in [0.05, 0.1) is 24.6 Å². The number of hydrogen-bond acceptors (Lipinski definition) is 5. The third-order valence-corrected chi connectivity index (χ3v) is 5.07. The molecule has 2 aromatic heterocycles. The number of benzene rings is 1. The molecule has 1 fully saturated rings. The number of pyridine rings is 1. The molecule has 0 spiro atoms. The first-order chi connectivity index (χ1) is 12.9. The van der Waals surface area contributed by atoms with Crippen LogP contribution in [-0.2, 0) is 4.74 Å². The maximum atomic E-state index is 5.69. The third-order valence-electron chi connectivity index (χ3n) is 4.22. The molecule has 132 valence electrons. The minimum absolute atomic E-state index is 0.230. The second-order valence-corrected chi connectivity index (χ2v) is 6.92. The van der Waals surface area contributed by atoms with Crippen LogP contribution in [0.25, 0.3) is 11.3 Å². The van der Waals surface area contributed by atoms with Crippen molar-refractivity contribution in [2.45, 2.75) is 18.9 Å². The van der Waals surface area contributed by atoms with Crippen LogP contribution in [0.2, 0.25) is 0 Å². The number of nitrogens with zero attached hydrogens (tertiary/aromatic N) is 4. The molecule has 0 radical (unpaired) electrons. The molecule has 1 aliphatic rings. The number of rotatable bonds is 5. The average Bonchev–Trinajstić information content (AvgIpc) is 3.36. The molecule has 0 saturated carbocycles. The van der Waals surface area contributed by atoms with E-state index in [1.54, 1.807) is 23.7 Å². The average molecular weight is 364 g/mol. The minimum Gasteiger partial charge on any atom is -0.376 e. The topological polar surface area (TPSA) is 51.8 Å². The fourth-order valence-corrected chi connectivity index (χ4v) is 3.72. The third kappa shape index (κ3) is 3.98. The summed E-state index contributed by atoms with van der Waals surface area (Å²) in [6.07, 6.45) is 7.80. The second-order valence-electron chi connectivity index (χ2n) is 6.09. The standard InChI is InChI=1S/C20H20N4OS/c1-2-7-17(8-3-1)19-15-26-20(22-14-18-9-5-11-25-18)24(19)23-13-16-6-4-10-21-12-16/h1-4,6-8,10,12-13,15,18H,5,9,11,14H2/b22-20?,23-13-/t18-/m0/s1. The molecule has 1 saturated heterocycles. The van der Waals surface area contributed by atoms with E-state index in [4.69, 9.17) is 9.73 Å². The van der Waals surface area contributed by atoms with Crippen LogP contribution in [-0.4, -0.2) is 35.1 Å². The summed E-state index contributed by atoms with van der Waals surface area (Å²) in [7, 11) is 0. The van der Waals surface area contributed by atoms with E-state index in [1.165, 1.54) is 0 Å². The van der Waals surface area contributed by atoms with Crippen molar-refractivity contribution < 1.29 is 4.74 Å². The minimum atomic E-state index is 0.230. The Morgan fingerprint density at radius 1 is 1.23 bits per heavy atom. The summed E-state index contributed by atoms with van der Waals surface area (Å²) in [5, 5.41) is 6.79. The molecule has 0 aliphatic carbocycles. The number of aromatic nitrogens is 2. The van der Waals surface area contributed by atoms with Crippen molar-refractivity contribution >= 4 is 17.6 Å². The van der Waals surface area contributed by atoms with Gasteiger partial charge in [-0.05, 0) is 18.9 Å². The van der Waals surface area contributed by atoms with Gasteiger partial charge in [-0.1, -0.05) is 36.4 Å². The smallest absolute Gasteiger partial charge is 0.206 e. The number of thiazole rings is 1. The van der Waals surface area contributed by atoms with Crippen molar-refractivity contribution in [2.75, 3.05) is 13.2 Å². The van der Waals surface area contributed by atoms with Gasteiger partial charge in [-0.2, -0.15) is 5.10 Å². The van der Waals surface area contributed by atoms with Crippen LogP contribution in [0.5, 0.6) is 0 Å². The lowest BCUT2D eigenvalue weighted by Gasteiger charge is -2.05. The summed E-state index contributed by atoms with van der Waals surface area (Å²) in [5.41, 5.74) is 3.10. The summed E-state index contributed by atoms with van der Waals surface area (Å²) in [6.45, 7) is 1.52. The molecule has 5 nitrogen and oxygen atoms in total. The van der Waals surface area contributed by atoms with E-state index in [2.05, 4.69) is 27.6 Å². The van der Waals surface area contributed by atoms with E-state index in [0.29, 0.717) is 6.54 Å². The lowest BCUT2D eigenvalue weighted by molar-refractivity contribution is 0.117. The second kappa shape index (κ2) is 8.21. The summed E-state index contributed by atoms with van der Waals surface area (Å²) < 4.78 is 7.59. The fourth-order valence-electron chi connectivity index (χ4n) is 2.87. The highest BCUT2D eigenvalue weighted by Gasteiger charge is 2.15. The zero-order chi connectivity index (χ0) is 17.6. The van der Waals surface area contributed by atoms with E-state index >= 15 is 0 Å². The van der Waals surface area contributed by atoms with Gasteiger partial charge in [-0.15, -0.1) is 11.3 Å². The molecule has 4 rings (SSSR count). The predicted octanol–water partition coefficient (Wildman–Crippen LogP) is 3.57. The van der Waals surface area contributed by atoms with Crippen LogP contribution in [0.3, 0.4) is 0 Å². The van der Waals surface area contributed by atoms with E-state index in [1.807, 2.05) is 41.2 Å².